The Bertz CT molecular complexity index is 1240. The Hall–Kier alpha value is -4.27. The Morgan fingerprint density at radius 3 is 2.00 bits per heavy atom. The number of aliphatic hydroxyl groups is 2. The highest BCUT2D eigenvalue weighted by atomic mass is 16.3. The van der Waals surface area contributed by atoms with Crippen LogP contribution < -0.4 is 16.4 Å². The fourth-order valence-corrected chi connectivity index (χ4v) is 4.53. The van der Waals surface area contributed by atoms with Crippen molar-refractivity contribution in [2.75, 3.05) is 13.1 Å². The first-order chi connectivity index (χ1) is 19.5. The third-order valence-electron chi connectivity index (χ3n) is 6.49. The van der Waals surface area contributed by atoms with Gasteiger partial charge in [0, 0.05) is 36.7 Å². The van der Waals surface area contributed by atoms with Crippen LogP contribution in [0.25, 0.3) is 0 Å². The number of rotatable bonds is 15. The highest BCUT2D eigenvalue weighted by molar-refractivity contribution is 6.04. The highest BCUT2D eigenvalue weighted by Gasteiger charge is 2.34. The monoisotopic (exact) mass is 565 g/mol. The minimum absolute atomic E-state index is 0.0334. The Kier molecular flexibility index (Phi) is 12.9. The number of hydrogen-bond donors (Lipinski definition) is 5. The van der Waals surface area contributed by atoms with Crippen LogP contribution in [0, 0.1) is 11.3 Å². The first-order valence-electron chi connectivity index (χ1n) is 13.6. The molecule has 0 aliphatic rings. The molecule has 11 nitrogen and oxygen atoms in total. The molecule has 41 heavy (non-hydrogen) atoms. The molecule has 11 heteroatoms. The lowest BCUT2D eigenvalue weighted by Gasteiger charge is -2.32. The van der Waals surface area contributed by atoms with E-state index in [1.807, 2.05) is 19.9 Å². The van der Waals surface area contributed by atoms with Gasteiger partial charge in [-0.15, -0.1) is 0 Å². The SMILES string of the molecule is CCCN(CCC)C(=O)c1cc(C(N)=O)cc(C(=O)NC(Cc2ccccc2)C(O)C(O)C(CC#N)NC(C)=O)c1. The molecule has 0 fully saturated rings. The van der Waals surface area contributed by atoms with Crippen molar-refractivity contribution in [2.45, 2.75) is 70.7 Å². The second-order valence-electron chi connectivity index (χ2n) is 9.88. The van der Waals surface area contributed by atoms with E-state index in [4.69, 9.17) is 11.0 Å². The summed E-state index contributed by atoms with van der Waals surface area (Å²) < 4.78 is 0. The molecule has 0 radical (unpaired) electrons. The average molecular weight is 566 g/mol. The molecule has 0 heterocycles. The van der Waals surface area contributed by atoms with Crippen LogP contribution in [0.2, 0.25) is 0 Å². The summed E-state index contributed by atoms with van der Waals surface area (Å²) in [6.07, 6.45) is -1.94. The van der Waals surface area contributed by atoms with Gasteiger partial charge in [-0.1, -0.05) is 44.2 Å². The zero-order chi connectivity index (χ0) is 30.5. The summed E-state index contributed by atoms with van der Waals surface area (Å²) in [7, 11) is 0. The van der Waals surface area contributed by atoms with Gasteiger partial charge in [-0.25, -0.2) is 0 Å². The maximum Gasteiger partial charge on any atom is 0.253 e. The van der Waals surface area contributed by atoms with E-state index in [9.17, 15) is 29.4 Å². The Balaban J connectivity index is 2.46. The third kappa shape index (κ3) is 9.70. The number of benzene rings is 2. The van der Waals surface area contributed by atoms with Crippen molar-refractivity contribution in [3.8, 4) is 6.07 Å². The number of nitrogens with one attached hydrogen (secondary N) is 2. The summed E-state index contributed by atoms with van der Waals surface area (Å²) in [5.74, 6) is -2.39. The van der Waals surface area contributed by atoms with Crippen LogP contribution in [-0.2, 0) is 11.2 Å². The van der Waals surface area contributed by atoms with Crippen LogP contribution in [0.3, 0.4) is 0 Å². The molecular formula is C30H39N5O6. The van der Waals surface area contributed by atoms with E-state index in [-0.39, 0.29) is 35.4 Å². The van der Waals surface area contributed by atoms with Crippen molar-refractivity contribution < 1.29 is 29.4 Å². The minimum Gasteiger partial charge on any atom is -0.388 e. The number of primary amides is 1. The highest BCUT2D eigenvalue weighted by Crippen LogP contribution is 2.17. The van der Waals surface area contributed by atoms with Crippen molar-refractivity contribution in [3.63, 3.8) is 0 Å². The zero-order valence-electron chi connectivity index (χ0n) is 23.7. The van der Waals surface area contributed by atoms with Crippen molar-refractivity contribution >= 4 is 23.6 Å². The first kappa shape index (κ1) is 32.9. The van der Waals surface area contributed by atoms with E-state index in [2.05, 4.69) is 10.6 Å². The van der Waals surface area contributed by atoms with Gasteiger partial charge in [0.2, 0.25) is 11.8 Å². The number of carbonyl (C=O) groups is 4. The normalized spacial score (nSPS) is 13.7. The lowest BCUT2D eigenvalue weighted by molar-refractivity contribution is -0.121. The van der Waals surface area contributed by atoms with Gasteiger partial charge >= 0.3 is 0 Å². The van der Waals surface area contributed by atoms with E-state index in [1.165, 1.54) is 25.1 Å². The Morgan fingerprint density at radius 2 is 1.46 bits per heavy atom. The number of nitriles is 1. The molecule has 0 saturated carbocycles. The van der Waals surface area contributed by atoms with Gasteiger partial charge in [-0.05, 0) is 43.0 Å². The van der Waals surface area contributed by atoms with Gasteiger partial charge < -0.3 is 31.5 Å². The van der Waals surface area contributed by atoms with Gasteiger partial charge in [-0.2, -0.15) is 5.26 Å². The van der Waals surface area contributed by atoms with E-state index in [1.54, 1.807) is 35.2 Å². The minimum atomic E-state index is -1.60. The predicted molar refractivity (Wildman–Crippen MR) is 153 cm³/mol. The lowest BCUT2D eigenvalue weighted by Crippen LogP contribution is -2.56. The van der Waals surface area contributed by atoms with Crippen LogP contribution in [0.15, 0.2) is 48.5 Å². The van der Waals surface area contributed by atoms with Crippen molar-refractivity contribution in [1.29, 1.82) is 5.26 Å². The van der Waals surface area contributed by atoms with Crippen LogP contribution in [0.5, 0.6) is 0 Å². The van der Waals surface area contributed by atoms with E-state index in [0.29, 0.717) is 13.1 Å². The second kappa shape index (κ2) is 16.1. The van der Waals surface area contributed by atoms with Gasteiger partial charge in [0.25, 0.3) is 11.8 Å². The summed E-state index contributed by atoms with van der Waals surface area (Å²) >= 11 is 0. The van der Waals surface area contributed by atoms with Crippen molar-refractivity contribution in [2.24, 2.45) is 5.73 Å². The van der Waals surface area contributed by atoms with Crippen molar-refractivity contribution in [1.82, 2.24) is 15.5 Å². The molecule has 0 aromatic heterocycles. The number of hydrogen-bond acceptors (Lipinski definition) is 7. The predicted octanol–water partition coefficient (Wildman–Crippen LogP) is 1.53. The second-order valence-corrected chi connectivity index (χ2v) is 9.88. The summed E-state index contributed by atoms with van der Waals surface area (Å²) in [5.41, 5.74) is 6.29. The molecule has 2 rings (SSSR count). The van der Waals surface area contributed by atoms with Gasteiger partial charge in [-0.3, -0.25) is 19.2 Å². The smallest absolute Gasteiger partial charge is 0.253 e. The standard InChI is InChI=1S/C30H39N5O6/c1-4-13-35(14-5-2)30(41)23-17-21(28(32)39)16-22(18-23)29(40)34-25(15-20-9-7-6-8-10-20)27(38)26(37)24(11-12-31)33-19(3)36/h6-10,16-18,24-27,37-38H,4-5,11,13-15H2,1-3H3,(H2,32,39)(H,33,36)(H,34,40). The number of nitrogens with zero attached hydrogens (tertiary/aromatic N) is 2. The molecule has 2 aromatic carbocycles. The van der Waals surface area contributed by atoms with Crippen LogP contribution in [0.4, 0.5) is 0 Å². The summed E-state index contributed by atoms with van der Waals surface area (Å²) in [4.78, 5) is 52.1. The topological polar surface area (TPSA) is 186 Å². The Labute approximate surface area is 240 Å². The summed E-state index contributed by atoms with van der Waals surface area (Å²) in [5, 5.41) is 36.4. The number of aliphatic hydroxyl groups excluding tert-OH is 2. The molecule has 4 unspecified atom stereocenters. The fourth-order valence-electron chi connectivity index (χ4n) is 4.53. The molecule has 0 aliphatic heterocycles. The van der Waals surface area contributed by atoms with Crippen molar-refractivity contribution in [3.05, 3.63) is 70.8 Å². The number of carbonyl (C=O) groups excluding carboxylic acids is 4. The van der Waals surface area contributed by atoms with Gasteiger partial charge in [0.1, 0.15) is 12.2 Å². The lowest BCUT2D eigenvalue weighted by atomic mass is 9.92. The van der Waals surface area contributed by atoms with Gasteiger partial charge in [0.05, 0.1) is 24.6 Å². The quantitative estimate of drug-likeness (QED) is 0.217. The largest absolute Gasteiger partial charge is 0.388 e. The molecule has 4 atom stereocenters. The zero-order valence-corrected chi connectivity index (χ0v) is 23.7. The molecular weight excluding hydrogens is 526 g/mol. The number of nitrogens with two attached hydrogens (primary N) is 1. The molecule has 4 amide bonds. The molecule has 0 aliphatic carbocycles. The van der Waals surface area contributed by atoms with E-state index >= 15 is 0 Å². The molecule has 0 bridgehead atoms. The maximum atomic E-state index is 13.5. The molecule has 0 saturated heterocycles. The molecule has 220 valence electrons. The Morgan fingerprint density at radius 1 is 0.902 bits per heavy atom. The van der Waals surface area contributed by atoms with Crippen LogP contribution in [0.1, 0.15) is 76.7 Å². The first-order valence-corrected chi connectivity index (χ1v) is 13.6. The average Bonchev–Trinajstić information content (AvgIpc) is 2.95. The van der Waals surface area contributed by atoms with E-state index in [0.717, 1.165) is 18.4 Å². The third-order valence-corrected chi connectivity index (χ3v) is 6.49. The maximum absolute atomic E-state index is 13.5. The number of amides is 4. The molecule has 0 spiro atoms. The summed E-state index contributed by atoms with van der Waals surface area (Å²) in [6.45, 7) is 6.09. The van der Waals surface area contributed by atoms with E-state index < -0.39 is 42.0 Å². The molecule has 2 aromatic rings. The summed E-state index contributed by atoms with van der Waals surface area (Å²) in [6, 6.07) is 12.6. The van der Waals surface area contributed by atoms with Crippen LogP contribution >= 0.6 is 0 Å². The van der Waals surface area contributed by atoms with Gasteiger partial charge in [0.15, 0.2) is 0 Å². The molecule has 6 N–H and O–H groups in total. The van der Waals surface area contributed by atoms with Crippen LogP contribution in [-0.4, -0.2) is 76.1 Å². The fraction of sp³-hybridized carbons (Fsp3) is 0.433.